The van der Waals surface area contributed by atoms with Crippen molar-refractivity contribution in [3.63, 3.8) is 0 Å². The van der Waals surface area contributed by atoms with Crippen molar-refractivity contribution < 1.29 is 17.9 Å². The molecule has 0 saturated carbocycles. The van der Waals surface area contributed by atoms with E-state index in [4.69, 9.17) is 4.74 Å². The highest BCUT2D eigenvalue weighted by Gasteiger charge is 2.30. The zero-order valence-electron chi connectivity index (χ0n) is 15.2. The summed E-state index contributed by atoms with van der Waals surface area (Å²) in [6, 6.07) is 3.22. The second kappa shape index (κ2) is 6.82. The Hall–Kier alpha value is -1.44. The molecule has 7 heteroatoms. The van der Waals surface area contributed by atoms with E-state index < -0.39 is 10.0 Å². The minimum absolute atomic E-state index is 0.0262. The molecule has 1 aromatic rings. The van der Waals surface area contributed by atoms with Crippen LogP contribution in [0.2, 0.25) is 0 Å². The van der Waals surface area contributed by atoms with E-state index in [9.17, 15) is 13.2 Å². The summed E-state index contributed by atoms with van der Waals surface area (Å²) in [6.45, 7) is 8.44. The summed E-state index contributed by atoms with van der Waals surface area (Å²) in [5.41, 5.74) is 1.86. The SMILES string of the molecule is Cc1cc(C(=O)N2CC(C)OCC2C)cc(S(=O)(=O)N(C)C)c1C. The quantitative estimate of drug-likeness (QED) is 0.830. The van der Waals surface area contributed by atoms with Crippen molar-refractivity contribution in [1.29, 1.82) is 0 Å². The van der Waals surface area contributed by atoms with Crippen LogP contribution in [-0.4, -0.2) is 62.9 Å². The molecule has 134 valence electrons. The molecule has 1 saturated heterocycles. The van der Waals surface area contributed by atoms with Crippen LogP contribution in [0.3, 0.4) is 0 Å². The molecule has 0 aliphatic carbocycles. The van der Waals surface area contributed by atoms with E-state index in [1.54, 1.807) is 17.9 Å². The molecule has 2 rings (SSSR count). The minimum Gasteiger partial charge on any atom is -0.375 e. The molecule has 0 spiro atoms. The molecule has 1 aliphatic rings. The van der Waals surface area contributed by atoms with Crippen molar-refractivity contribution >= 4 is 15.9 Å². The third kappa shape index (κ3) is 3.48. The van der Waals surface area contributed by atoms with Gasteiger partial charge in [0.25, 0.3) is 5.91 Å². The highest BCUT2D eigenvalue weighted by molar-refractivity contribution is 7.89. The zero-order chi connectivity index (χ0) is 18.2. The average molecular weight is 354 g/mol. The van der Waals surface area contributed by atoms with E-state index in [1.165, 1.54) is 24.5 Å². The third-order valence-electron chi connectivity index (χ3n) is 4.49. The number of hydrogen-bond acceptors (Lipinski definition) is 4. The number of rotatable bonds is 3. The highest BCUT2D eigenvalue weighted by atomic mass is 32.2. The Bertz CT molecular complexity index is 743. The number of benzene rings is 1. The maximum atomic E-state index is 12.9. The number of hydrogen-bond donors (Lipinski definition) is 0. The summed E-state index contributed by atoms with van der Waals surface area (Å²) in [7, 11) is -0.622. The lowest BCUT2D eigenvalue weighted by atomic mass is 10.0. The van der Waals surface area contributed by atoms with Crippen LogP contribution in [0.4, 0.5) is 0 Å². The van der Waals surface area contributed by atoms with Gasteiger partial charge in [-0.15, -0.1) is 0 Å². The topological polar surface area (TPSA) is 66.9 Å². The monoisotopic (exact) mass is 354 g/mol. The number of morpholine rings is 1. The third-order valence-corrected chi connectivity index (χ3v) is 6.44. The van der Waals surface area contributed by atoms with Crippen LogP contribution >= 0.6 is 0 Å². The summed E-state index contributed by atoms with van der Waals surface area (Å²) in [4.78, 5) is 14.9. The lowest BCUT2D eigenvalue weighted by molar-refractivity contribution is -0.0387. The lowest BCUT2D eigenvalue weighted by Gasteiger charge is -2.37. The van der Waals surface area contributed by atoms with Crippen molar-refractivity contribution in [3.05, 3.63) is 28.8 Å². The fourth-order valence-corrected chi connectivity index (χ4v) is 3.98. The number of carbonyl (C=O) groups excluding carboxylic acids is 1. The molecule has 6 nitrogen and oxygen atoms in total. The Balaban J connectivity index is 2.48. The van der Waals surface area contributed by atoms with Crippen LogP contribution in [0.15, 0.2) is 17.0 Å². The Morgan fingerprint density at radius 2 is 1.88 bits per heavy atom. The fraction of sp³-hybridized carbons (Fsp3) is 0.588. The van der Waals surface area contributed by atoms with Gasteiger partial charge < -0.3 is 9.64 Å². The van der Waals surface area contributed by atoms with Gasteiger partial charge in [0.05, 0.1) is 23.6 Å². The molecule has 1 heterocycles. The minimum atomic E-state index is -3.60. The molecular formula is C17H26N2O4S. The van der Waals surface area contributed by atoms with E-state index in [-0.39, 0.29) is 22.9 Å². The van der Waals surface area contributed by atoms with Gasteiger partial charge in [0.2, 0.25) is 10.0 Å². The number of sulfonamides is 1. The van der Waals surface area contributed by atoms with Gasteiger partial charge in [0.1, 0.15) is 0 Å². The van der Waals surface area contributed by atoms with Gasteiger partial charge >= 0.3 is 0 Å². The van der Waals surface area contributed by atoms with Crippen LogP contribution in [-0.2, 0) is 14.8 Å². The average Bonchev–Trinajstić information content (AvgIpc) is 2.51. The van der Waals surface area contributed by atoms with Crippen molar-refractivity contribution in [2.75, 3.05) is 27.2 Å². The van der Waals surface area contributed by atoms with E-state index in [2.05, 4.69) is 0 Å². The Kier molecular flexibility index (Phi) is 5.37. The second-order valence-corrected chi connectivity index (χ2v) is 8.77. The van der Waals surface area contributed by atoms with Crippen molar-refractivity contribution in [3.8, 4) is 0 Å². The first kappa shape index (κ1) is 18.9. The molecule has 0 N–H and O–H groups in total. The second-order valence-electron chi connectivity index (χ2n) is 6.65. The number of carbonyl (C=O) groups is 1. The Morgan fingerprint density at radius 1 is 1.25 bits per heavy atom. The summed E-state index contributed by atoms with van der Waals surface area (Å²) in [6.07, 6.45) is -0.0262. The molecule has 1 aromatic carbocycles. The molecule has 1 aliphatic heterocycles. The molecule has 0 bridgehead atoms. The zero-order valence-corrected chi connectivity index (χ0v) is 16.0. The van der Waals surface area contributed by atoms with Crippen molar-refractivity contribution in [1.82, 2.24) is 9.21 Å². The molecule has 2 unspecified atom stereocenters. The number of amides is 1. The number of ether oxygens (including phenoxy) is 1. The van der Waals surface area contributed by atoms with Gasteiger partial charge in [-0.25, -0.2) is 12.7 Å². The molecule has 0 aromatic heterocycles. The Labute approximate surface area is 144 Å². The fourth-order valence-electron chi connectivity index (χ4n) is 2.77. The largest absolute Gasteiger partial charge is 0.375 e. The van der Waals surface area contributed by atoms with Gasteiger partial charge in [-0.1, -0.05) is 0 Å². The normalized spacial score (nSPS) is 22.0. The summed E-state index contributed by atoms with van der Waals surface area (Å²) < 4.78 is 31.8. The summed E-state index contributed by atoms with van der Waals surface area (Å²) in [5.74, 6) is -0.157. The van der Waals surface area contributed by atoms with Gasteiger partial charge in [0.15, 0.2) is 0 Å². The number of nitrogens with zero attached hydrogens (tertiary/aromatic N) is 2. The maximum Gasteiger partial charge on any atom is 0.254 e. The summed E-state index contributed by atoms with van der Waals surface area (Å²) in [5, 5.41) is 0. The molecule has 0 radical (unpaired) electrons. The molecular weight excluding hydrogens is 328 g/mol. The first-order valence-electron chi connectivity index (χ1n) is 8.02. The number of aryl methyl sites for hydroxylation is 1. The van der Waals surface area contributed by atoms with Crippen LogP contribution in [0, 0.1) is 13.8 Å². The van der Waals surface area contributed by atoms with Crippen molar-refractivity contribution in [2.45, 2.75) is 44.7 Å². The standard InChI is InChI=1S/C17H26N2O4S/c1-11-7-15(8-16(14(11)4)24(21,22)18(5)6)17(20)19-9-13(3)23-10-12(19)2/h7-8,12-13H,9-10H2,1-6H3. The van der Waals surface area contributed by atoms with Crippen molar-refractivity contribution in [2.24, 2.45) is 0 Å². The highest BCUT2D eigenvalue weighted by Crippen LogP contribution is 2.25. The van der Waals surface area contributed by atoms with E-state index >= 15 is 0 Å². The predicted octanol–water partition coefficient (Wildman–Crippen LogP) is 1.80. The molecule has 2 atom stereocenters. The smallest absolute Gasteiger partial charge is 0.254 e. The maximum absolute atomic E-state index is 12.9. The van der Waals surface area contributed by atoms with Gasteiger partial charge in [-0.2, -0.15) is 0 Å². The first-order chi connectivity index (χ1) is 11.1. The van der Waals surface area contributed by atoms with E-state index in [0.717, 1.165) is 5.56 Å². The van der Waals surface area contributed by atoms with Gasteiger partial charge in [-0.3, -0.25) is 4.79 Å². The van der Waals surface area contributed by atoms with Crippen LogP contribution in [0.5, 0.6) is 0 Å². The lowest BCUT2D eigenvalue weighted by Crippen LogP contribution is -2.50. The van der Waals surface area contributed by atoms with Crippen LogP contribution in [0.25, 0.3) is 0 Å². The van der Waals surface area contributed by atoms with Crippen LogP contribution in [0.1, 0.15) is 35.3 Å². The van der Waals surface area contributed by atoms with Gasteiger partial charge in [0, 0.05) is 26.2 Å². The Morgan fingerprint density at radius 3 is 2.46 bits per heavy atom. The van der Waals surface area contributed by atoms with E-state index in [0.29, 0.717) is 24.3 Å². The molecule has 1 fully saturated rings. The van der Waals surface area contributed by atoms with E-state index in [1.807, 2.05) is 20.8 Å². The molecule has 24 heavy (non-hydrogen) atoms. The molecule has 1 amide bonds. The summed E-state index contributed by atoms with van der Waals surface area (Å²) >= 11 is 0. The first-order valence-corrected chi connectivity index (χ1v) is 9.46. The predicted molar refractivity (Wildman–Crippen MR) is 92.7 cm³/mol. The van der Waals surface area contributed by atoms with Crippen LogP contribution < -0.4 is 0 Å². The van der Waals surface area contributed by atoms with Gasteiger partial charge in [-0.05, 0) is 51.0 Å².